The molecule has 0 bridgehead atoms. The molecule has 0 amide bonds. The van der Waals surface area contributed by atoms with E-state index in [-0.39, 0.29) is 33.4 Å². The predicted molar refractivity (Wildman–Crippen MR) is 184 cm³/mol. The first-order valence-corrected chi connectivity index (χ1v) is 16.3. The van der Waals surface area contributed by atoms with Gasteiger partial charge in [-0.25, -0.2) is 19.9 Å². The first-order valence-electron chi connectivity index (χ1n) is 15.9. The minimum Gasteiger partial charge on any atom is -0.378 e. The number of hydrogen-bond acceptors (Lipinski definition) is 9. The normalized spacial score (nSPS) is 15.3. The van der Waals surface area contributed by atoms with Crippen molar-refractivity contribution in [2.45, 2.75) is 11.8 Å². The Labute approximate surface area is 291 Å². The minimum atomic E-state index is -3.17. The van der Waals surface area contributed by atoms with Gasteiger partial charge in [-0.15, -0.1) is 0 Å². The summed E-state index contributed by atoms with van der Waals surface area (Å²) in [5, 5.41) is 0.0644. The van der Waals surface area contributed by atoms with Gasteiger partial charge in [0.1, 0.15) is 16.8 Å². The summed E-state index contributed by atoms with van der Waals surface area (Å²) in [4.78, 5) is 20.5. The lowest BCUT2D eigenvalue weighted by Crippen LogP contribution is -2.37. The third kappa shape index (κ3) is 8.12. The number of anilines is 3. The summed E-state index contributed by atoms with van der Waals surface area (Å²) in [5.74, 6) is -5.24. The minimum absolute atomic E-state index is 0.0644. The molecule has 0 atom stereocenters. The van der Waals surface area contributed by atoms with Crippen molar-refractivity contribution in [1.29, 1.82) is 0 Å². The topological polar surface area (TPSA) is 103 Å². The zero-order chi connectivity index (χ0) is 35.1. The van der Waals surface area contributed by atoms with Crippen molar-refractivity contribution in [3.8, 4) is 11.3 Å². The zero-order valence-corrected chi connectivity index (χ0v) is 27.6. The van der Waals surface area contributed by atoms with E-state index in [4.69, 9.17) is 26.8 Å². The molecule has 0 aliphatic carbocycles. The molecule has 3 aromatic heterocycles. The van der Waals surface area contributed by atoms with Crippen LogP contribution in [0.4, 0.5) is 35.1 Å². The van der Waals surface area contributed by atoms with Crippen LogP contribution in [0.3, 0.4) is 0 Å². The second-order valence-corrected chi connectivity index (χ2v) is 11.9. The van der Waals surface area contributed by atoms with Crippen LogP contribution in [0.1, 0.15) is 22.3 Å². The van der Waals surface area contributed by atoms with Crippen molar-refractivity contribution in [2.75, 3.05) is 68.1 Å². The van der Waals surface area contributed by atoms with Crippen molar-refractivity contribution in [3.63, 3.8) is 0 Å². The molecule has 2 saturated heterocycles. The zero-order valence-electron chi connectivity index (χ0n) is 26.9. The lowest BCUT2D eigenvalue weighted by atomic mass is 9.99. The molecule has 14 heteroatoms. The molecule has 2 aliphatic heterocycles. The number of alkyl halides is 4. The number of morpholine rings is 2. The maximum absolute atomic E-state index is 15.3. The monoisotopic (exact) mass is 707 g/mol. The fraction of sp³-hybridized carbons (Fsp3) is 0.278. The highest BCUT2D eigenvalue weighted by Gasteiger charge is 2.36. The average Bonchev–Trinajstić information content (AvgIpc) is 3.16. The van der Waals surface area contributed by atoms with E-state index in [0.717, 1.165) is 0 Å². The largest absolute Gasteiger partial charge is 0.378 e. The van der Waals surface area contributed by atoms with E-state index in [1.165, 1.54) is 60.9 Å². The third-order valence-corrected chi connectivity index (χ3v) is 8.42. The smallest absolute Gasteiger partial charge is 0.298 e. The Hall–Kier alpha value is -4.85. The van der Waals surface area contributed by atoms with E-state index in [9.17, 15) is 8.78 Å². The number of rotatable bonds is 7. The summed E-state index contributed by atoms with van der Waals surface area (Å²) in [6, 6.07) is 20.9. The molecule has 7 rings (SSSR count). The Morgan fingerprint density at radius 1 is 0.600 bits per heavy atom. The quantitative estimate of drug-likeness (QED) is 0.144. The number of benzene rings is 2. The molecule has 5 aromatic rings. The Morgan fingerprint density at radius 2 is 1.04 bits per heavy atom. The van der Waals surface area contributed by atoms with E-state index < -0.39 is 11.8 Å². The van der Waals surface area contributed by atoms with Crippen molar-refractivity contribution in [3.05, 3.63) is 125 Å². The summed E-state index contributed by atoms with van der Waals surface area (Å²) >= 11 is 5.96. The van der Waals surface area contributed by atoms with Gasteiger partial charge in [0, 0.05) is 66.4 Å². The molecular formula is C36H34ClF4N7O2. The van der Waals surface area contributed by atoms with Crippen LogP contribution in [0.5, 0.6) is 0 Å². The lowest BCUT2D eigenvalue weighted by Gasteiger charge is -2.29. The predicted octanol–water partition coefficient (Wildman–Crippen LogP) is 6.81. The summed E-state index contributed by atoms with van der Waals surface area (Å²) in [5.41, 5.74) is 6.00. The van der Waals surface area contributed by atoms with Gasteiger partial charge in [0.05, 0.1) is 32.1 Å². The Morgan fingerprint density at radius 3 is 1.52 bits per heavy atom. The fourth-order valence-electron chi connectivity index (χ4n) is 5.52. The molecule has 0 saturated carbocycles. The van der Waals surface area contributed by atoms with E-state index in [0.29, 0.717) is 75.5 Å². The van der Waals surface area contributed by atoms with Crippen LogP contribution in [0.25, 0.3) is 11.3 Å². The van der Waals surface area contributed by atoms with Gasteiger partial charge >= 0.3 is 0 Å². The van der Waals surface area contributed by atoms with Crippen molar-refractivity contribution >= 4 is 29.2 Å². The molecule has 9 nitrogen and oxygen atoms in total. The number of hydrogen-bond donors (Lipinski definition) is 1. The second kappa shape index (κ2) is 15.4. The molecular weight excluding hydrogens is 674 g/mol. The SMILES string of the molecule is FC(F)(c1ccccc1)c1cc(Cl)nc(N2CCOCC2)c1.Nc1ncc(-c2cc(C(F)(F)c3ccccc3)cc(N3CCOCC3)n2)cn1. The van der Waals surface area contributed by atoms with Gasteiger partial charge < -0.3 is 25.0 Å². The highest BCUT2D eigenvalue weighted by molar-refractivity contribution is 6.29. The second-order valence-electron chi connectivity index (χ2n) is 11.5. The van der Waals surface area contributed by atoms with E-state index >= 15 is 8.78 Å². The number of nitrogens with zero attached hydrogens (tertiary/aromatic N) is 6. The van der Waals surface area contributed by atoms with Crippen LogP contribution in [0, 0.1) is 0 Å². The first-order chi connectivity index (χ1) is 24.1. The number of nitrogen functional groups attached to an aromatic ring is 1. The summed E-state index contributed by atoms with van der Waals surface area (Å²) in [6.07, 6.45) is 2.97. The van der Waals surface area contributed by atoms with Crippen LogP contribution < -0.4 is 15.5 Å². The Balaban J connectivity index is 0.000000178. The molecule has 0 spiro atoms. The number of nitrogens with two attached hydrogens (primary N) is 1. The number of ether oxygens (including phenoxy) is 2. The van der Waals surface area contributed by atoms with Crippen molar-refractivity contribution in [2.24, 2.45) is 0 Å². The molecule has 5 heterocycles. The summed E-state index contributed by atoms with van der Waals surface area (Å²) in [7, 11) is 0. The van der Waals surface area contributed by atoms with Crippen LogP contribution >= 0.6 is 11.6 Å². The molecule has 2 N–H and O–H groups in total. The van der Waals surface area contributed by atoms with Gasteiger partial charge in [-0.2, -0.15) is 17.6 Å². The van der Waals surface area contributed by atoms with Gasteiger partial charge in [0.15, 0.2) is 0 Å². The average molecular weight is 708 g/mol. The lowest BCUT2D eigenvalue weighted by molar-refractivity contribution is 0.0422. The number of halogens is 5. The van der Waals surface area contributed by atoms with E-state index in [2.05, 4.69) is 19.9 Å². The Bertz CT molecular complexity index is 1860. The molecule has 2 aromatic carbocycles. The molecule has 0 unspecified atom stereocenters. The molecule has 260 valence electrons. The van der Waals surface area contributed by atoms with E-state index in [1.807, 2.05) is 9.80 Å². The van der Waals surface area contributed by atoms with E-state index in [1.54, 1.807) is 36.4 Å². The third-order valence-electron chi connectivity index (χ3n) is 8.23. The molecule has 2 aliphatic rings. The van der Waals surface area contributed by atoms with Crippen LogP contribution in [-0.2, 0) is 21.3 Å². The van der Waals surface area contributed by atoms with Crippen LogP contribution in [0.2, 0.25) is 5.15 Å². The van der Waals surface area contributed by atoms with Gasteiger partial charge in [0.2, 0.25) is 5.95 Å². The molecule has 50 heavy (non-hydrogen) atoms. The van der Waals surface area contributed by atoms with Crippen LogP contribution in [0.15, 0.2) is 97.3 Å². The molecule has 0 radical (unpaired) electrons. The molecule has 2 fully saturated rings. The van der Waals surface area contributed by atoms with Gasteiger partial charge in [-0.05, 0) is 24.3 Å². The highest BCUT2D eigenvalue weighted by Crippen LogP contribution is 2.39. The Kier molecular flexibility index (Phi) is 10.8. The maximum atomic E-state index is 15.3. The van der Waals surface area contributed by atoms with Gasteiger partial charge in [0.25, 0.3) is 11.8 Å². The van der Waals surface area contributed by atoms with Crippen molar-refractivity contribution in [1.82, 2.24) is 19.9 Å². The number of pyridine rings is 2. The van der Waals surface area contributed by atoms with Gasteiger partial charge in [-0.1, -0.05) is 72.3 Å². The van der Waals surface area contributed by atoms with Crippen molar-refractivity contribution < 1.29 is 27.0 Å². The number of aromatic nitrogens is 4. The highest BCUT2D eigenvalue weighted by atomic mass is 35.5. The van der Waals surface area contributed by atoms with Gasteiger partial charge in [-0.3, -0.25) is 0 Å². The first kappa shape index (κ1) is 35.0. The summed E-state index contributed by atoms with van der Waals surface area (Å²) < 4.78 is 70.6. The summed E-state index contributed by atoms with van der Waals surface area (Å²) in [6.45, 7) is 4.57. The maximum Gasteiger partial charge on any atom is 0.298 e. The standard InChI is InChI=1S/C20H19F2N5O.C16H15ClF2N2O/c21-20(22,15-4-2-1-3-5-15)16-10-17(14-12-24-19(23)25-13-14)26-18(11-16)27-6-8-28-9-7-27;17-14-10-13(16(18,19)12-4-2-1-3-5-12)11-15(20-14)21-6-8-22-9-7-21/h1-5,10-13H,6-9H2,(H2,23,24,25);1-5,10-11H,6-9H2. The fourth-order valence-corrected chi connectivity index (χ4v) is 5.72. The van der Waals surface area contributed by atoms with Crippen LogP contribution in [-0.4, -0.2) is 72.5 Å².